The number of nitro groups is 1. The number of hydrogen-bond donors (Lipinski definition) is 0. The molecule has 2 aromatic carbocycles. The van der Waals surface area contributed by atoms with E-state index >= 15 is 0 Å². The summed E-state index contributed by atoms with van der Waals surface area (Å²) in [6, 6.07) is 8.38. The van der Waals surface area contributed by atoms with Gasteiger partial charge in [0, 0.05) is 27.5 Å². The summed E-state index contributed by atoms with van der Waals surface area (Å²) in [5.41, 5.74) is 1.94. The van der Waals surface area contributed by atoms with E-state index in [0.717, 1.165) is 45.3 Å². The third-order valence-electron chi connectivity index (χ3n) is 3.41. The summed E-state index contributed by atoms with van der Waals surface area (Å²) in [7, 11) is 0. The van der Waals surface area contributed by atoms with E-state index in [9.17, 15) is 10.1 Å². The molecule has 0 aliphatic carbocycles. The van der Waals surface area contributed by atoms with E-state index in [-0.39, 0.29) is 5.69 Å². The second-order valence-electron chi connectivity index (χ2n) is 5.37. The summed E-state index contributed by atoms with van der Waals surface area (Å²) < 4.78 is 0. The number of nitrogens with zero attached hydrogens (tertiary/aromatic N) is 1. The molecule has 0 bridgehead atoms. The van der Waals surface area contributed by atoms with E-state index in [0.29, 0.717) is 10.0 Å². The van der Waals surface area contributed by atoms with E-state index in [4.69, 9.17) is 23.2 Å². The van der Waals surface area contributed by atoms with Crippen molar-refractivity contribution >= 4 is 52.4 Å². The maximum absolute atomic E-state index is 10.9. The smallest absolute Gasteiger partial charge is 0.258 e. The van der Waals surface area contributed by atoms with Crippen LogP contribution in [0.1, 0.15) is 26.7 Å². The molecule has 0 unspecified atom stereocenters. The quantitative estimate of drug-likeness (QED) is 0.253. The Morgan fingerprint density at radius 3 is 1.84 bits per heavy atom. The Morgan fingerprint density at radius 2 is 1.44 bits per heavy atom. The predicted octanol–water partition coefficient (Wildman–Crippen LogP) is 7.57. The monoisotopic (exact) mass is 415 g/mol. The third-order valence-corrected chi connectivity index (χ3v) is 6.88. The van der Waals surface area contributed by atoms with E-state index in [1.807, 2.05) is 0 Å². The van der Waals surface area contributed by atoms with Gasteiger partial charge in [0.15, 0.2) is 0 Å². The Kier molecular flexibility index (Phi) is 7.94. The lowest BCUT2D eigenvalue weighted by Crippen LogP contribution is -1.93. The maximum atomic E-state index is 10.9. The van der Waals surface area contributed by atoms with Gasteiger partial charge in [0.2, 0.25) is 0 Å². The SMILES string of the molecule is CCCSc1c(Cl)cc(Cl)c(SCCC)c1-c1ccc([N+](=O)[O-])cc1. The van der Waals surface area contributed by atoms with Crippen LogP contribution in [0.5, 0.6) is 0 Å². The first-order valence-corrected chi connectivity index (χ1v) is 10.7. The van der Waals surface area contributed by atoms with Crippen LogP contribution in [-0.4, -0.2) is 16.4 Å². The van der Waals surface area contributed by atoms with Crippen LogP contribution < -0.4 is 0 Å². The van der Waals surface area contributed by atoms with Crippen LogP contribution in [0.2, 0.25) is 10.0 Å². The van der Waals surface area contributed by atoms with Crippen molar-refractivity contribution in [2.75, 3.05) is 11.5 Å². The van der Waals surface area contributed by atoms with E-state index in [1.165, 1.54) is 12.1 Å². The van der Waals surface area contributed by atoms with Crippen molar-refractivity contribution < 1.29 is 4.92 Å². The molecule has 0 radical (unpaired) electrons. The van der Waals surface area contributed by atoms with Crippen molar-refractivity contribution in [1.29, 1.82) is 0 Å². The summed E-state index contributed by atoms with van der Waals surface area (Å²) in [6.07, 6.45) is 2.06. The molecule has 0 aliphatic rings. The molecule has 25 heavy (non-hydrogen) atoms. The molecule has 2 rings (SSSR count). The fourth-order valence-corrected chi connectivity index (χ4v) is 5.08. The zero-order chi connectivity index (χ0) is 18.4. The van der Waals surface area contributed by atoms with Crippen LogP contribution in [0.25, 0.3) is 11.1 Å². The van der Waals surface area contributed by atoms with Crippen molar-refractivity contribution in [1.82, 2.24) is 0 Å². The Hall–Kier alpha value is -0.880. The molecule has 0 N–H and O–H groups in total. The Morgan fingerprint density at radius 1 is 0.960 bits per heavy atom. The minimum Gasteiger partial charge on any atom is -0.258 e. The molecule has 2 aromatic rings. The molecular weight excluding hydrogens is 397 g/mol. The highest BCUT2D eigenvalue weighted by molar-refractivity contribution is 8.00. The summed E-state index contributed by atoms with van der Waals surface area (Å²) in [5, 5.41) is 12.2. The third kappa shape index (κ3) is 5.07. The van der Waals surface area contributed by atoms with Crippen LogP contribution >= 0.6 is 46.7 Å². The van der Waals surface area contributed by atoms with Gasteiger partial charge in [-0.15, -0.1) is 23.5 Å². The fraction of sp³-hybridized carbons (Fsp3) is 0.333. The molecule has 7 heteroatoms. The molecule has 0 heterocycles. The average molecular weight is 416 g/mol. The summed E-state index contributed by atoms with van der Waals surface area (Å²) in [5.74, 6) is 1.89. The van der Waals surface area contributed by atoms with Crippen molar-refractivity contribution in [3.8, 4) is 11.1 Å². The van der Waals surface area contributed by atoms with Gasteiger partial charge in [0.05, 0.1) is 15.0 Å². The topological polar surface area (TPSA) is 43.1 Å². The second-order valence-corrected chi connectivity index (χ2v) is 8.40. The summed E-state index contributed by atoms with van der Waals surface area (Å²) in [6.45, 7) is 4.24. The Bertz CT molecular complexity index is 719. The molecule has 0 aliphatic heterocycles. The molecule has 0 fully saturated rings. The lowest BCUT2D eigenvalue weighted by atomic mass is 10.1. The van der Waals surface area contributed by atoms with Gasteiger partial charge in [0.1, 0.15) is 0 Å². The standard InChI is InChI=1S/C18H19Cl2NO2S2/c1-3-9-24-17-14(19)11-15(20)18(25-10-4-2)16(17)12-5-7-13(8-6-12)21(22)23/h5-8,11H,3-4,9-10H2,1-2H3. The van der Waals surface area contributed by atoms with Crippen LogP contribution in [0.3, 0.4) is 0 Å². The first kappa shape index (κ1) is 20.4. The average Bonchev–Trinajstić information content (AvgIpc) is 2.59. The van der Waals surface area contributed by atoms with Crippen LogP contribution in [-0.2, 0) is 0 Å². The normalized spacial score (nSPS) is 10.9. The summed E-state index contributed by atoms with van der Waals surface area (Å²) >= 11 is 16.4. The van der Waals surface area contributed by atoms with E-state index < -0.39 is 4.92 Å². The molecule has 0 saturated heterocycles. The van der Waals surface area contributed by atoms with Crippen LogP contribution in [0, 0.1) is 10.1 Å². The number of nitro benzene ring substituents is 1. The zero-order valence-corrected chi connectivity index (χ0v) is 17.2. The minimum atomic E-state index is -0.395. The molecule has 0 atom stereocenters. The fourth-order valence-electron chi connectivity index (χ4n) is 2.29. The number of benzene rings is 2. The van der Waals surface area contributed by atoms with Gasteiger partial charge in [-0.25, -0.2) is 0 Å². The lowest BCUT2D eigenvalue weighted by Gasteiger charge is -2.17. The highest BCUT2D eigenvalue weighted by Crippen LogP contribution is 2.47. The van der Waals surface area contributed by atoms with Crippen molar-refractivity contribution in [2.24, 2.45) is 0 Å². The predicted molar refractivity (Wildman–Crippen MR) is 111 cm³/mol. The zero-order valence-electron chi connectivity index (χ0n) is 14.1. The van der Waals surface area contributed by atoms with Gasteiger partial charge in [-0.05, 0) is 48.1 Å². The van der Waals surface area contributed by atoms with Crippen LogP contribution in [0.15, 0.2) is 40.1 Å². The van der Waals surface area contributed by atoms with E-state index in [1.54, 1.807) is 41.7 Å². The summed E-state index contributed by atoms with van der Waals surface area (Å²) in [4.78, 5) is 12.5. The van der Waals surface area contributed by atoms with Gasteiger partial charge < -0.3 is 0 Å². The lowest BCUT2D eigenvalue weighted by molar-refractivity contribution is -0.384. The van der Waals surface area contributed by atoms with Gasteiger partial charge in [0.25, 0.3) is 5.69 Å². The van der Waals surface area contributed by atoms with Gasteiger partial charge in [-0.1, -0.05) is 37.0 Å². The van der Waals surface area contributed by atoms with Crippen molar-refractivity contribution in [3.05, 3.63) is 50.5 Å². The van der Waals surface area contributed by atoms with Crippen molar-refractivity contribution in [3.63, 3.8) is 0 Å². The molecule has 0 amide bonds. The number of hydrogen-bond acceptors (Lipinski definition) is 4. The number of rotatable bonds is 8. The second kappa shape index (κ2) is 9.72. The Labute approximate surface area is 166 Å². The van der Waals surface area contributed by atoms with Gasteiger partial charge in [-0.2, -0.15) is 0 Å². The molecule has 0 aromatic heterocycles. The highest BCUT2D eigenvalue weighted by Gasteiger charge is 2.19. The van der Waals surface area contributed by atoms with Gasteiger partial charge in [-0.3, -0.25) is 10.1 Å². The van der Waals surface area contributed by atoms with Crippen molar-refractivity contribution in [2.45, 2.75) is 36.5 Å². The van der Waals surface area contributed by atoms with Gasteiger partial charge >= 0.3 is 0 Å². The maximum Gasteiger partial charge on any atom is 0.269 e. The number of non-ortho nitro benzene ring substituents is 1. The molecule has 134 valence electrons. The molecule has 3 nitrogen and oxygen atoms in total. The molecule has 0 spiro atoms. The largest absolute Gasteiger partial charge is 0.269 e. The first-order valence-electron chi connectivity index (χ1n) is 8.02. The molecular formula is C18H19Cl2NO2S2. The number of thioether (sulfide) groups is 2. The molecule has 0 saturated carbocycles. The highest BCUT2D eigenvalue weighted by atomic mass is 35.5. The van der Waals surface area contributed by atoms with Crippen LogP contribution in [0.4, 0.5) is 5.69 Å². The minimum absolute atomic E-state index is 0.0717. The van der Waals surface area contributed by atoms with E-state index in [2.05, 4.69) is 13.8 Å². The number of halogens is 2. The first-order chi connectivity index (χ1) is 12.0. The Balaban J connectivity index is 2.62.